The van der Waals surface area contributed by atoms with E-state index in [0.717, 1.165) is 17.1 Å². The molecule has 1 N–H and O–H groups in total. The molecular formula is C14H16ClN3O. The number of anilines is 1. The minimum Gasteiger partial charge on any atom is -0.497 e. The SMILES string of the molecule is COc1ccc(C(C)Nc2cc(Cl)nc(C)n2)cc1. The fourth-order valence-corrected chi connectivity index (χ4v) is 2.03. The Morgan fingerprint density at radius 3 is 2.47 bits per heavy atom. The highest BCUT2D eigenvalue weighted by Crippen LogP contribution is 2.21. The molecule has 0 spiro atoms. The third-order valence-electron chi connectivity index (χ3n) is 2.79. The van der Waals surface area contributed by atoms with Crippen LogP contribution in [0.5, 0.6) is 5.75 Å². The Morgan fingerprint density at radius 1 is 1.21 bits per heavy atom. The quantitative estimate of drug-likeness (QED) is 0.867. The van der Waals surface area contributed by atoms with Crippen LogP contribution in [0.25, 0.3) is 0 Å². The third kappa shape index (κ3) is 3.58. The summed E-state index contributed by atoms with van der Waals surface area (Å²) in [5.74, 6) is 2.22. The van der Waals surface area contributed by atoms with Crippen LogP contribution in [0.1, 0.15) is 24.4 Å². The van der Waals surface area contributed by atoms with Crippen LogP contribution in [0.3, 0.4) is 0 Å². The van der Waals surface area contributed by atoms with Crippen LogP contribution < -0.4 is 10.1 Å². The highest BCUT2D eigenvalue weighted by molar-refractivity contribution is 6.29. The van der Waals surface area contributed by atoms with E-state index in [0.29, 0.717) is 11.0 Å². The molecule has 1 atom stereocenters. The molecule has 1 unspecified atom stereocenters. The molecule has 2 aromatic rings. The molecule has 0 fully saturated rings. The lowest BCUT2D eigenvalue weighted by atomic mass is 10.1. The maximum atomic E-state index is 5.91. The Balaban J connectivity index is 2.13. The number of halogens is 1. The molecule has 1 aromatic carbocycles. The molecular weight excluding hydrogens is 262 g/mol. The van der Waals surface area contributed by atoms with Crippen molar-refractivity contribution in [2.75, 3.05) is 12.4 Å². The van der Waals surface area contributed by atoms with Gasteiger partial charge < -0.3 is 10.1 Å². The molecule has 2 rings (SSSR count). The highest BCUT2D eigenvalue weighted by atomic mass is 35.5. The van der Waals surface area contributed by atoms with Crippen molar-refractivity contribution in [1.82, 2.24) is 9.97 Å². The Hall–Kier alpha value is -1.81. The van der Waals surface area contributed by atoms with Gasteiger partial charge in [0.1, 0.15) is 22.5 Å². The van der Waals surface area contributed by atoms with Gasteiger partial charge in [-0.3, -0.25) is 0 Å². The van der Waals surface area contributed by atoms with E-state index in [-0.39, 0.29) is 6.04 Å². The molecule has 0 bridgehead atoms. The standard InChI is InChI=1S/C14H16ClN3O/c1-9(11-4-6-12(19-3)7-5-11)16-14-8-13(15)17-10(2)18-14/h4-9H,1-3H3,(H,16,17,18). The van der Waals surface area contributed by atoms with Gasteiger partial charge >= 0.3 is 0 Å². The number of nitrogens with one attached hydrogen (secondary N) is 1. The van der Waals surface area contributed by atoms with E-state index in [1.54, 1.807) is 13.2 Å². The van der Waals surface area contributed by atoms with Crippen molar-refractivity contribution in [3.05, 3.63) is 46.9 Å². The number of hydrogen-bond acceptors (Lipinski definition) is 4. The summed E-state index contributed by atoms with van der Waals surface area (Å²) in [6, 6.07) is 9.75. The first-order valence-corrected chi connectivity index (χ1v) is 6.38. The molecule has 0 aliphatic carbocycles. The molecule has 1 heterocycles. The molecule has 0 saturated carbocycles. The summed E-state index contributed by atoms with van der Waals surface area (Å²) < 4.78 is 5.14. The highest BCUT2D eigenvalue weighted by Gasteiger charge is 2.07. The van der Waals surface area contributed by atoms with Crippen molar-refractivity contribution in [3.8, 4) is 5.75 Å². The number of aromatic nitrogens is 2. The number of hydrogen-bond donors (Lipinski definition) is 1. The summed E-state index contributed by atoms with van der Waals surface area (Å²) in [5.41, 5.74) is 1.15. The molecule has 19 heavy (non-hydrogen) atoms. The fourth-order valence-electron chi connectivity index (χ4n) is 1.80. The first-order chi connectivity index (χ1) is 9.08. The monoisotopic (exact) mass is 277 g/mol. The van der Waals surface area contributed by atoms with Gasteiger partial charge in [0.05, 0.1) is 7.11 Å². The van der Waals surface area contributed by atoms with Gasteiger partial charge in [0, 0.05) is 12.1 Å². The van der Waals surface area contributed by atoms with Gasteiger partial charge in [0.25, 0.3) is 0 Å². The molecule has 0 radical (unpaired) electrons. The topological polar surface area (TPSA) is 47.0 Å². The molecule has 100 valence electrons. The molecule has 0 amide bonds. The lowest BCUT2D eigenvalue weighted by molar-refractivity contribution is 0.414. The predicted octanol–water partition coefficient (Wildman–Crippen LogP) is 3.62. The third-order valence-corrected chi connectivity index (χ3v) is 2.98. The summed E-state index contributed by atoms with van der Waals surface area (Å²) >= 11 is 5.91. The van der Waals surface area contributed by atoms with Gasteiger partial charge in [-0.1, -0.05) is 23.7 Å². The smallest absolute Gasteiger partial charge is 0.134 e. The maximum absolute atomic E-state index is 5.91. The van der Waals surface area contributed by atoms with Crippen molar-refractivity contribution in [1.29, 1.82) is 0 Å². The van der Waals surface area contributed by atoms with E-state index in [1.807, 2.05) is 31.2 Å². The van der Waals surface area contributed by atoms with Crippen molar-refractivity contribution in [2.24, 2.45) is 0 Å². The van der Waals surface area contributed by atoms with Gasteiger partial charge in [-0.05, 0) is 31.5 Å². The summed E-state index contributed by atoms with van der Waals surface area (Å²) in [6.45, 7) is 3.88. The Kier molecular flexibility index (Phi) is 4.22. The average molecular weight is 278 g/mol. The normalized spacial score (nSPS) is 12.0. The van der Waals surface area contributed by atoms with E-state index in [9.17, 15) is 0 Å². The molecule has 4 nitrogen and oxygen atoms in total. The van der Waals surface area contributed by atoms with Crippen LogP contribution in [-0.2, 0) is 0 Å². The summed E-state index contributed by atoms with van der Waals surface area (Å²) in [4.78, 5) is 8.34. The van der Waals surface area contributed by atoms with Gasteiger partial charge in [0.15, 0.2) is 0 Å². The molecule has 1 aromatic heterocycles. The number of benzene rings is 1. The van der Waals surface area contributed by atoms with Crippen LogP contribution in [0.15, 0.2) is 30.3 Å². The number of rotatable bonds is 4. The second-order valence-corrected chi connectivity index (χ2v) is 4.65. The summed E-state index contributed by atoms with van der Waals surface area (Å²) in [7, 11) is 1.66. The summed E-state index contributed by atoms with van der Waals surface area (Å²) in [5, 5.41) is 3.74. The van der Waals surface area contributed by atoms with Crippen molar-refractivity contribution in [2.45, 2.75) is 19.9 Å². The zero-order valence-corrected chi connectivity index (χ0v) is 11.9. The first kappa shape index (κ1) is 13.6. The first-order valence-electron chi connectivity index (χ1n) is 6.00. The lowest BCUT2D eigenvalue weighted by Crippen LogP contribution is -2.08. The van der Waals surface area contributed by atoms with E-state index in [4.69, 9.17) is 16.3 Å². The number of nitrogens with zero attached hydrogens (tertiary/aromatic N) is 2. The van der Waals surface area contributed by atoms with Crippen LogP contribution in [0.2, 0.25) is 5.15 Å². The average Bonchev–Trinajstić information content (AvgIpc) is 2.37. The zero-order chi connectivity index (χ0) is 13.8. The Morgan fingerprint density at radius 2 is 1.89 bits per heavy atom. The molecule has 0 saturated heterocycles. The van der Waals surface area contributed by atoms with Gasteiger partial charge in [-0.2, -0.15) is 0 Å². The van der Waals surface area contributed by atoms with Gasteiger partial charge in [-0.25, -0.2) is 9.97 Å². The number of aryl methyl sites for hydroxylation is 1. The van der Waals surface area contributed by atoms with E-state index in [2.05, 4.69) is 22.2 Å². The fraction of sp³-hybridized carbons (Fsp3) is 0.286. The molecule has 0 aliphatic rings. The largest absolute Gasteiger partial charge is 0.497 e. The molecule has 5 heteroatoms. The minimum atomic E-state index is 0.122. The Bertz CT molecular complexity index is 537. The van der Waals surface area contributed by atoms with E-state index in [1.165, 1.54) is 0 Å². The second-order valence-electron chi connectivity index (χ2n) is 4.26. The predicted molar refractivity (Wildman–Crippen MR) is 76.8 cm³/mol. The van der Waals surface area contributed by atoms with Crippen LogP contribution >= 0.6 is 11.6 Å². The van der Waals surface area contributed by atoms with Gasteiger partial charge in [-0.15, -0.1) is 0 Å². The van der Waals surface area contributed by atoms with Crippen LogP contribution in [0, 0.1) is 6.92 Å². The maximum Gasteiger partial charge on any atom is 0.134 e. The van der Waals surface area contributed by atoms with Crippen molar-refractivity contribution in [3.63, 3.8) is 0 Å². The van der Waals surface area contributed by atoms with Gasteiger partial charge in [0.2, 0.25) is 0 Å². The lowest BCUT2D eigenvalue weighted by Gasteiger charge is -2.15. The molecule has 0 aliphatic heterocycles. The zero-order valence-electron chi connectivity index (χ0n) is 11.1. The summed E-state index contributed by atoms with van der Waals surface area (Å²) in [6.07, 6.45) is 0. The Labute approximate surface area is 117 Å². The second kappa shape index (κ2) is 5.89. The number of methoxy groups -OCH3 is 1. The van der Waals surface area contributed by atoms with E-state index < -0.39 is 0 Å². The van der Waals surface area contributed by atoms with Crippen molar-refractivity contribution >= 4 is 17.4 Å². The van der Waals surface area contributed by atoms with Crippen LogP contribution in [0.4, 0.5) is 5.82 Å². The van der Waals surface area contributed by atoms with E-state index >= 15 is 0 Å². The van der Waals surface area contributed by atoms with Crippen LogP contribution in [-0.4, -0.2) is 17.1 Å². The van der Waals surface area contributed by atoms with Crippen molar-refractivity contribution < 1.29 is 4.74 Å². The number of ether oxygens (including phenoxy) is 1. The minimum absolute atomic E-state index is 0.122.